The van der Waals surface area contributed by atoms with Crippen LogP contribution in [0.4, 0.5) is 10.5 Å². The van der Waals surface area contributed by atoms with Gasteiger partial charge in [-0.3, -0.25) is 14.5 Å². The number of anilines is 1. The van der Waals surface area contributed by atoms with Crippen LogP contribution in [0.2, 0.25) is 10.0 Å². The molecular weight excluding hydrogens is 415 g/mol. The Morgan fingerprint density at radius 3 is 2.52 bits per heavy atom. The highest BCUT2D eigenvalue weighted by molar-refractivity contribution is 6.35. The van der Waals surface area contributed by atoms with Crippen molar-refractivity contribution in [2.75, 3.05) is 38.0 Å². The number of likely N-dealkylation sites (tertiary alicyclic amines) is 2. The summed E-state index contributed by atoms with van der Waals surface area (Å²) >= 11 is 12.0. The number of hydrogen-bond donors (Lipinski definition) is 2. The van der Waals surface area contributed by atoms with Gasteiger partial charge in [-0.2, -0.15) is 0 Å². The first-order valence-electron chi connectivity index (χ1n) is 9.98. The van der Waals surface area contributed by atoms with E-state index in [1.165, 1.54) is 0 Å². The van der Waals surface area contributed by atoms with Crippen LogP contribution in [0.25, 0.3) is 0 Å². The maximum Gasteiger partial charge on any atom is 0.319 e. The van der Waals surface area contributed by atoms with Gasteiger partial charge in [0.25, 0.3) is 0 Å². The molecular formula is C20H26Cl2N4O3. The number of ketones is 1. The topological polar surface area (TPSA) is 81.8 Å². The molecule has 0 radical (unpaired) electrons. The molecule has 3 rings (SSSR count). The minimum absolute atomic E-state index is 0.0380. The molecule has 2 heterocycles. The van der Waals surface area contributed by atoms with E-state index in [4.69, 9.17) is 23.2 Å². The molecule has 1 atom stereocenters. The lowest BCUT2D eigenvalue weighted by Crippen LogP contribution is -2.50. The Hall–Kier alpha value is -1.83. The van der Waals surface area contributed by atoms with Gasteiger partial charge in [0.2, 0.25) is 5.91 Å². The number of benzene rings is 1. The second kappa shape index (κ2) is 10.3. The van der Waals surface area contributed by atoms with E-state index >= 15 is 0 Å². The van der Waals surface area contributed by atoms with E-state index in [2.05, 4.69) is 15.5 Å². The summed E-state index contributed by atoms with van der Waals surface area (Å²) < 4.78 is 0. The number of amides is 3. The van der Waals surface area contributed by atoms with Gasteiger partial charge in [0.05, 0.1) is 23.8 Å². The third kappa shape index (κ3) is 6.32. The zero-order valence-electron chi connectivity index (χ0n) is 16.3. The van der Waals surface area contributed by atoms with Crippen LogP contribution >= 0.6 is 23.2 Å². The zero-order chi connectivity index (χ0) is 20.8. The molecule has 1 aromatic carbocycles. The molecule has 9 heteroatoms. The maximum absolute atomic E-state index is 12.9. The number of carbonyl (C=O) groups is 3. The lowest BCUT2D eigenvalue weighted by molar-refractivity contribution is -0.136. The van der Waals surface area contributed by atoms with Crippen LogP contribution in [0.1, 0.15) is 32.1 Å². The summed E-state index contributed by atoms with van der Waals surface area (Å²) in [6.45, 7) is 2.89. The Morgan fingerprint density at radius 1 is 1.03 bits per heavy atom. The van der Waals surface area contributed by atoms with Crippen LogP contribution in [0.5, 0.6) is 0 Å². The van der Waals surface area contributed by atoms with Gasteiger partial charge in [-0.05, 0) is 63.4 Å². The van der Waals surface area contributed by atoms with E-state index in [0.717, 1.165) is 38.8 Å². The molecule has 1 unspecified atom stereocenters. The van der Waals surface area contributed by atoms with E-state index in [0.29, 0.717) is 35.2 Å². The molecule has 7 nitrogen and oxygen atoms in total. The first-order valence-corrected chi connectivity index (χ1v) is 10.7. The number of carbonyl (C=O) groups excluding carboxylic acids is 3. The minimum Gasteiger partial charge on any atom is -0.334 e. The highest BCUT2D eigenvalue weighted by atomic mass is 35.5. The number of Topliss-reactive ketones (excluding diaryl/α,β-unsaturated/α-hetero) is 1. The van der Waals surface area contributed by atoms with E-state index in [9.17, 15) is 14.4 Å². The molecule has 0 spiro atoms. The van der Waals surface area contributed by atoms with Gasteiger partial charge in [0, 0.05) is 11.6 Å². The summed E-state index contributed by atoms with van der Waals surface area (Å²) in [6, 6.07) is 3.55. The van der Waals surface area contributed by atoms with Gasteiger partial charge >= 0.3 is 6.03 Å². The number of urea groups is 1. The van der Waals surface area contributed by atoms with Crippen molar-refractivity contribution in [3.63, 3.8) is 0 Å². The van der Waals surface area contributed by atoms with Crippen molar-refractivity contribution in [3.8, 4) is 0 Å². The molecule has 2 aliphatic heterocycles. The van der Waals surface area contributed by atoms with E-state index < -0.39 is 12.1 Å². The molecule has 1 aromatic rings. The Labute approximate surface area is 180 Å². The van der Waals surface area contributed by atoms with Crippen molar-refractivity contribution >= 4 is 46.6 Å². The summed E-state index contributed by atoms with van der Waals surface area (Å²) in [4.78, 5) is 41.4. The monoisotopic (exact) mass is 440 g/mol. The predicted molar refractivity (Wildman–Crippen MR) is 114 cm³/mol. The SMILES string of the molecule is O=C(CN1CCCC1)CN1CCCCC(NC(=O)Nc2cc(Cl)ccc2Cl)C1=O. The molecule has 0 bridgehead atoms. The summed E-state index contributed by atoms with van der Waals surface area (Å²) in [5, 5.41) is 6.14. The van der Waals surface area contributed by atoms with Crippen LogP contribution in [0.3, 0.4) is 0 Å². The first kappa shape index (κ1) is 21.9. The normalized spacial score (nSPS) is 20.4. The number of hydrogen-bond acceptors (Lipinski definition) is 4. The van der Waals surface area contributed by atoms with Crippen molar-refractivity contribution in [3.05, 3.63) is 28.2 Å². The van der Waals surface area contributed by atoms with Gasteiger partial charge in [-0.15, -0.1) is 0 Å². The highest BCUT2D eigenvalue weighted by Gasteiger charge is 2.30. The van der Waals surface area contributed by atoms with Crippen LogP contribution in [0.15, 0.2) is 18.2 Å². The average molecular weight is 441 g/mol. The quantitative estimate of drug-likeness (QED) is 0.711. The molecule has 2 aliphatic rings. The van der Waals surface area contributed by atoms with E-state index in [1.807, 2.05) is 0 Å². The number of rotatable bonds is 6. The lowest BCUT2D eigenvalue weighted by Gasteiger charge is -2.25. The Bertz CT molecular complexity index is 768. The summed E-state index contributed by atoms with van der Waals surface area (Å²) in [5.74, 6) is -0.180. The fraction of sp³-hybridized carbons (Fsp3) is 0.550. The maximum atomic E-state index is 12.9. The average Bonchev–Trinajstić information content (AvgIpc) is 3.12. The van der Waals surface area contributed by atoms with Crippen LogP contribution < -0.4 is 10.6 Å². The molecule has 29 heavy (non-hydrogen) atoms. The molecule has 2 N–H and O–H groups in total. The standard InChI is InChI=1S/C20H26Cl2N4O3/c21-14-6-7-16(22)18(11-14)24-20(29)23-17-5-1-2-10-26(19(17)28)13-15(27)12-25-8-3-4-9-25/h6-7,11,17H,1-5,8-10,12-13H2,(H2,23,24,29). The van der Waals surface area contributed by atoms with Gasteiger partial charge in [0.1, 0.15) is 6.04 Å². The van der Waals surface area contributed by atoms with E-state index in [-0.39, 0.29) is 18.2 Å². The summed E-state index contributed by atoms with van der Waals surface area (Å²) in [6.07, 6.45) is 4.38. The van der Waals surface area contributed by atoms with Crippen LogP contribution in [-0.2, 0) is 9.59 Å². The Morgan fingerprint density at radius 2 is 1.76 bits per heavy atom. The van der Waals surface area contributed by atoms with Crippen LogP contribution in [-0.4, -0.2) is 66.3 Å². The minimum atomic E-state index is -0.671. The second-order valence-corrected chi connectivity index (χ2v) is 8.40. The third-order valence-electron chi connectivity index (χ3n) is 5.23. The Balaban J connectivity index is 1.56. The lowest BCUT2D eigenvalue weighted by atomic mass is 10.1. The molecule has 2 saturated heterocycles. The fourth-order valence-electron chi connectivity index (χ4n) is 3.76. The molecule has 158 valence electrons. The van der Waals surface area contributed by atoms with Gasteiger partial charge in [0.15, 0.2) is 5.78 Å². The van der Waals surface area contributed by atoms with Crippen molar-refractivity contribution in [2.24, 2.45) is 0 Å². The highest BCUT2D eigenvalue weighted by Crippen LogP contribution is 2.25. The van der Waals surface area contributed by atoms with E-state index in [1.54, 1.807) is 23.1 Å². The Kier molecular flexibility index (Phi) is 7.75. The molecule has 3 amide bonds. The first-order chi connectivity index (χ1) is 13.9. The van der Waals surface area contributed by atoms with Crippen molar-refractivity contribution < 1.29 is 14.4 Å². The molecule has 0 aliphatic carbocycles. The smallest absolute Gasteiger partial charge is 0.319 e. The second-order valence-electron chi connectivity index (χ2n) is 7.55. The predicted octanol–water partition coefficient (Wildman–Crippen LogP) is 3.16. The molecule has 2 fully saturated rings. The van der Waals surface area contributed by atoms with Crippen molar-refractivity contribution in [1.29, 1.82) is 0 Å². The third-order valence-corrected chi connectivity index (χ3v) is 5.79. The number of halogens is 2. The zero-order valence-corrected chi connectivity index (χ0v) is 17.8. The van der Waals surface area contributed by atoms with Crippen molar-refractivity contribution in [1.82, 2.24) is 15.1 Å². The number of nitrogens with zero attached hydrogens (tertiary/aromatic N) is 2. The molecule has 0 saturated carbocycles. The summed E-state index contributed by atoms with van der Waals surface area (Å²) in [7, 11) is 0. The number of nitrogens with one attached hydrogen (secondary N) is 2. The van der Waals surface area contributed by atoms with Gasteiger partial charge in [-0.25, -0.2) is 4.79 Å². The van der Waals surface area contributed by atoms with Crippen LogP contribution in [0, 0.1) is 0 Å². The van der Waals surface area contributed by atoms with Crippen molar-refractivity contribution in [2.45, 2.75) is 38.1 Å². The van der Waals surface area contributed by atoms with Gasteiger partial charge in [-0.1, -0.05) is 23.2 Å². The fourth-order valence-corrected chi connectivity index (χ4v) is 4.10. The summed E-state index contributed by atoms with van der Waals surface area (Å²) in [5.41, 5.74) is 0.371. The largest absolute Gasteiger partial charge is 0.334 e. The molecule has 0 aromatic heterocycles. The van der Waals surface area contributed by atoms with Gasteiger partial charge < -0.3 is 15.5 Å².